The first-order valence-corrected chi connectivity index (χ1v) is 6.63. The van der Waals surface area contributed by atoms with Crippen molar-refractivity contribution in [2.45, 2.75) is 47.5 Å². The predicted octanol–water partition coefficient (Wildman–Crippen LogP) is 2.86. The van der Waals surface area contributed by atoms with E-state index in [0.717, 1.165) is 25.9 Å². The van der Waals surface area contributed by atoms with Crippen molar-refractivity contribution in [2.75, 3.05) is 19.6 Å². The summed E-state index contributed by atoms with van der Waals surface area (Å²) in [4.78, 5) is 12.8. The van der Waals surface area contributed by atoms with Crippen LogP contribution >= 0.6 is 0 Å². The van der Waals surface area contributed by atoms with Gasteiger partial charge in [0.15, 0.2) is 0 Å². The van der Waals surface area contributed by atoms with Crippen LogP contribution in [0.5, 0.6) is 0 Å². The van der Waals surface area contributed by atoms with E-state index in [0.29, 0.717) is 11.3 Å². The molecule has 0 aromatic heterocycles. The zero-order valence-electron chi connectivity index (χ0n) is 11.9. The minimum absolute atomic E-state index is 0.193. The lowest BCUT2D eigenvalue weighted by Gasteiger charge is -2.52. The maximum atomic E-state index is 10.7. The number of carboxylic acid groups (broad SMARTS) is 1. The summed E-state index contributed by atoms with van der Waals surface area (Å²) in [6.07, 6.45) is 2.23. The van der Waals surface area contributed by atoms with E-state index < -0.39 is 5.97 Å². The molecular formula is C14H27NO2. The summed E-state index contributed by atoms with van der Waals surface area (Å²) >= 11 is 0. The van der Waals surface area contributed by atoms with Crippen molar-refractivity contribution in [3.63, 3.8) is 0 Å². The molecule has 0 spiro atoms. The van der Waals surface area contributed by atoms with Crippen LogP contribution in [0.25, 0.3) is 0 Å². The van der Waals surface area contributed by atoms with E-state index in [2.05, 4.69) is 39.5 Å². The molecule has 1 N–H and O–H groups in total. The zero-order valence-corrected chi connectivity index (χ0v) is 11.9. The summed E-state index contributed by atoms with van der Waals surface area (Å²) in [5, 5.41) is 8.82. The summed E-state index contributed by atoms with van der Waals surface area (Å²) < 4.78 is 0. The van der Waals surface area contributed by atoms with Crippen LogP contribution in [0.3, 0.4) is 0 Å². The van der Waals surface area contributed by atoms with E-state index in [1.54, 1.807) is 0 Å². The molecule has 0 aromatic rings. The Morgan fingerprint density at radius 3 is 2.06 bits per heavy atom. The van der Waals surface area contributed by atoms with Crippen molar-refractivity contribution < 1.29 is 9.90 Å². The summed E-state index contributed by atoms with van der Waals surface area (Å²) in [6.45, 7) is 13.6. The van der Waals surface area contributed by atoms with Crippen molar-refractivity contribution in [1.29, 1.82) is 0 Å². The first-order chi connectivity index (χ1) is 7.69. The third-order valence-electron chi connectivity index (χ3n) is 4.71. The number of carboxylic acids is 1. The maximum absolute atomic E-state index is 10.7. The van der Waals surface area contributed by atoms with E-state index >= 15 is 0 Å². The SMILES string of the molecule is CC(C)C1(C(C)(C)C)CCN(CC(=O)O)CC1. The second-order valence-corrected chi connectivity index (χ2v) is 6.73. The van der Waals surface area contributed by atoms with Crippen LogP contribution in [0.1, 0.15) is 47.5 Å². The average molecular weight is 241 g/mol. The topological polar surface area (TPSA) is 40.5 Å². The van der Waals surface area contributed by atoms with Crippen LogP contribution in [-0.2, 0) is 4.79 Å². The third-order valence-corrected chi connectivity index (χ3v) is 4.71. The Bertz CT molecular complexity index is 270. The second-order valence-electron chi connectivity index (χ2n) is 6.73. The summed E-state index contributed by atoms with van der Waals surface area (Å²) in [5.41, 5.74) is 0.637. The van der Waals surface area contributed by atoms with Gasteiger partial charge in [-0.2, -0.15) is 0 Å². The number of likely N-dealkylation sites (tertiary alicyclic amines) is 1. The summed E-state index contributed by atoms with van der Waals surface area (Å²) in [6, 6.07) is 0. The number of piperidine rings is 1. The predicted molar refractivity (Wildman–Crippen MR) is 70.0 cm³/mol. The highest BCUT2D eigenvalue weighted by Gasteiger charge is 2.46. The molecule has 0 atom stereocenters. The number of hydrogen-bond acceptors (Lipinski definition) is 2. The van der Waals surface area contributed by atoms with E-state index in [1.165, 1.54) is 0 Å². The van der Waals surface area contributed by atoms with Crippen molar-refractivity contribution in [3.05, 3.63) is 0 Å². The van der Waals surface area contributed by atoms with Gasteiger partial charge < -0.3 is 5.11 Å². The van der Waals surface area contributed by atoms with Gasteiger partial charge >= 0.3 is 5.97 Å². The number of carbonyl (C=O) groups is 1. The Hall–Kier alpha value is -0.570. The van der Waals surface area contributed by atoms with Crippen LogP contribution < -0.4 is 0 Å². The Kier molecular flexibility index (Phi) is 4.23. The molecule has 1 aliphatic rings. The molecule has 1 aliphatic heterocycles. The highest BCUT2D eigenvalue weighted by Crippen LogP contribution is 2.51. The van der Waals surface area contributed by atoms with Crippen LogP contribution in [0, 0.1) is 16.7 Å². The van der Waals surface area contributed by atoms with Crippen LogP contribution in [0.4, 0.5) is 0 Å². The normalized spacial score (nSPS) is 21.8. The molecule has 100 valence electrons. The van der Waals surface area contributed by atoms with E-state index in [4.69, 9.17) is 5.11 Å². The molecule has 1 saturated heterocycles. The van der Waals surface area contributed by atoms with E-state index in [9.17, 15) is 4.79 Å². The van der Waals surface area contributed by atoms with Gasteiger partial charge in [0.25, 0.3) is 0 Å². The zero-order chi connectivity index (χ0) is 13.3. The molecule has 0 saturated carbocycles. The fourth-order valence-corrected chi connectivity index (χ4v) is 3.49. The van der Waals surface area contributed by atoms with Gasteiger partial charge in [0, 0.05) is 0 Å². The Labute approximate surface area is 105 Å². The number of rotatable bonds is 3. The van der Waals surface area contributed by atoms with Gasteiger partial charge in [-0.15, -0.1) is 0 Å². The quantitative estimate of drug-likeness (QED) is 0.826. The molecule has 3 nitrogen and oxygen atoms in total. The average Bonchev–Trinajstić information content (AvgIpc) is 2.15. The summed E-state index contributed by atoms with van der Waals surface area (Å²) in [5.74, 6) is -0.0627. The van der Waals surface area contributed by atoms with Crippen LogP contribution in [-0.4, -0.2) is 35.6 Å². The lowest BCUT2D eigenvalue weighted by molar-refractivity contribution is -0.139. The van der Waals surface area contributed by atoms with Gasteiger partial charge in [-0.05, 0) is 42.7 Å². The molecule has 1 rings (SSSR count). The molecule has 0 bridgehead atoms. The molecule has 0 unspecified atom stereocenters. The third kappa shape index (κ3) is 3.01. The monoisotopic (exact) mass is 241 g/mol. The number of nitrogens with zero attached hydrogens (tertiary/aromatic N) is 1. The van der Waals surface area contributed by atoms with Gasteiger partial charge in [-0.25, -0.2) is 0 Å². The minimum Gasteiger partial charge on any atom is -0.480 e. The first-order valence-electron chi connectivity index (χ1n) is 6.63. The molecule has 1 heterocycles. The van der Waals surface area contributed by atoms with Crippen molar-refractivity contribution in [2.24, 2.45) is 16.7 Å². The number of aliphatic carboxylic acids is 1. The molecule has 17 heavy (non-hydrogen) atoms. The van der Waals surface area contributed by atoms with Gasteiger partial charge in [0.2, 0.25) is 0 Å². The first kappa shape index (κ1) is 14.5. The van der Waals surface area contributed by atoms with Crippen LogP contribution in [0.2, 0.25) is 0 Å². The van der Waals surface area contributed by atoms with Gasteiger partial charge in [-0.3, -0.25) is 9.69 Å². The highest BCUT2D eigenvalue weighted by molar-refractivity contribution is 5.69. The van der Waals surface area contributed by atoms with Crippen molar-refractivity contribution >= 4 is 5.97 Å². The van der Waals surface area contributed by atoms with Crippen LogP contribution in [0.15, 0.2) is 0 Å². The Morgan fingerprint density at radius 2 is 1.76 bits per heavy atom. The lowest BCUT2D eigenvalue weighted by Crippen LogP contribution is -2.50. The Balaban J connectivity index is 2.72. The van der Waals surface area contributed by atoms with Gasteiger partial charge in [0.05, 0.1) is 6.54 Å². The lowest BCUT2D eigenvalue weighted by atomic mass is 9.56. The summed E-state index contributed by atoms with van der Waals surface area (Å²) in [7, 11) is 0. The van der Waals surface area contributed by atoms with E-state index in [-0.39, 0.29) is 12.0 Å². The largest absolute Gasteiger partial charge is 0.480 e. The molecule has 1 fully saturated rings. The van der Waals surface area contributed by atoms with Crippen molar-refractivity contribution in [1.82, 2.24) is 4.90 Å². The number of hydrogen-bond donors (Lipinski definition) is 1. The van der Waals surface area contributed by atoms with Gasteiger partial charge in [-0.1, -0.05) is 34.6 Å². The smallest absolute Gasteiger partial charge is 0.317 e. The standard InChI is InChI=1S/C14H27NO2/c1-11(2)14(13(3,4)5)6-8-15(9-7-14)10-12(16)17/h11H,6-10H2,1-5H3,(H,16,17). The fourth-order valence-electron chi connectivity index (χ4n) is 3.49. The molecule has 0 aliphatic carbocycles. The van der Waals surface area contributed by atoms with Crippen molar-refractivity contribution in [3.8, 4) is 0 Å². The molecular weight excluding hydrogens is 214 g/mol. The molecule has 3 heteroatoms. The molecule has 0 amide bonds. The second kappa shape index (κ2) is 4.97. The maximum Gasteiger partial charge on any atom is 0.317 e. The fraction of sp³-hybridized carbons (Fsp3) is 0.929. The molecule has 0 radical (unpaired) electrons. The highest BCUT2D eigenvalue weighted by atomic mass is 16.4. The minimum atomic E-state index is -0.710. The Morgan fingerprint density at radius 1 is 1.29 bits per heavy atom. The van der Waals surface area contributed by atoms with Gasteiger partial charge in [0.1, 0.15) is 0 Å². The van der Waals surface area contributed by atoms with E-state index in [1.807, 2.05) is 0 Å². The molecule has 0 aromatic carbocycles.